The van der Waals surface area contributed by atoms with Gasteiger partial charge in [0, 0.05) is 19.0 Å². The zero-order valence-corrected chi connectivity index (χ0v) is 15.7. The van der Waals surface area contributed by atoms with Gasteiger partial charge < -0.3 is 5.11 Å². The lowest BCUT2D eigenvalue weighted by Crippen LogP contribution is -2.31. The minimum absolute atomic E-state index is 0.452. The summed E-state index contributed by atoms with van der Waals surface area (Å²) in [6, 6.07) is 27.6. The van der Waals surface area contributed by atoms with Crippen LogP contribution in [0.15, 0.2) is 78.9 Å². The molecule has 0 radical (unpaired) electrons. The first kappa shape index (κ1) is 17.8. The second-order valence-electron chi connectivity index (χ2n) is 7.46. The highest BCUT2D eigenvalue weighted by Crippen LogP contribution is 2.30. The quantitative estimate of drug-likeness (QED) is 0.642. The van der Waals surface area contributed by atoms with Crippen LogP contribution in [0.25, 0.3) is 0 Å². The zero-order chi connectivity index (χ0) is 18.5. The summed E-state index contributed by atoms with van der Waals surface area (Å²) in [7, 11) is 0. The van der Waals surface area contributed by atoms with Gasteiger partial charge in [-0.25, -0.2) is 0 Å². The molecule has 1 N–H and O–H groups in total. The molecule has 3 aromatic carbocycles. The van der Waals surface area contributed by atoms with E-state index in [0.29, 0.717) is 11.7 Å². The Morgan fingerprint density at radius 1 is 0.815 bits per heavy atom. The van der Waals surface area contributed by atoms with Gasteiger partial charge in [-0.15, -0.1) is 0 Å². The molecule has 4 rings (SSSR count). The zero-order valence-electron chi connectivity index (χ0n) is 15.7. The van der Waals surface area contributed by atoms with E-state index in [1.807, 2.05) is 6.07 Å². The SMILES string of the molecule is Oc1cccc2c1CCN(CCCC(c1ccccc1)c1ccccc1)C2. The number of phenols is 1. The van der Waals surface area contributed by atoms with Crippen molar-refractivity contribution in [3.8, 4) is 5.75 Å². The summed E-state index contributed by atoms with van der Waals surface area (Å²) in [6.07, 6.45) is 3.27. The lowest BCUT2D eigenvalue weighted by molar-refractivity contribution is 0.245. The molecule has 1 heterocycles. The molecular formula is C25H27NO. The van der Waals surface area contributed by atoms with Gasteiger partial charge in [0.05, 0.1) is 0 Å². The highest BCUT2D eigenvalue weighted by atomic mass is 16.3. The minimum atomic E-state index is 0.452. The van der Waals surface area contributed by atoms with Crippen LogP contribution in [-0.2, 0) is 13.0 Å². The molecular weight excluding hydrogens is 330 g/mol. The van der Waals surface area contributed by atoms with Gasteiger partial charge in [0.15, 0.2) is 0 Å². The molecule has 0 fully saturated rings. The maximum Gasteiger partial charge on any atom is 0.119 e. The summed E-state index contributed by atoms with van der Waals surface area (Å²) in [4.78, 5) is 2.52. The van der Waals surface area contributed by atoms with E-state index < -0.39 is 0 Å². The van der Waals surface area contributed by atoms with Crippen LogP contribution in [0.2, 0.25) is 0 Å². The van der Waals surface area contributed by atoms with E-state index in [1.165, 1.54) is 23.1 Å². The van der Waals surface area contributed by atoms with E-state index >= 15 is 0 Å². The summed E-state index contributed by atoms with van der Waals surface area (Å²) in [5, 5.41) is 10.0. The summed E-state index contributed by atoms with van der Waals surface area (Å²) in [6.45, 7) is 3.09. The van der Waals surface area contributed by atoms with Crippen molar-refractivity contribution in [2.45, 2.75) is 31.7 Å². The molecule has 0 saturated carbocycles. The van der Waals surface area contributed by atoms with Crippen molar-refractivity contribution in [2.75, 3.05) is 13.1 Å². The first-order valence-corrected chi connectivity index (χ1v) is 9.93. The van der Waals surface area contributed by atoms with Gasteiger partial charge in [0.1, 0.15) is 5.75 Å². The summed E-state index contributed by atoms with van der Waals surface area (Å²) in [5.74, 6) is 0.911. The maximum absolute atomic E-state index is 10.0. The second-order valence-corrected chi connectivity index (χ2v) is 7.46. The van der Waals surface area contributed by atoms with E-state index in [2.05, 4.69) is 71.6 Å². The molecule has 0 saturated heterocycles. The van der Waals surface area contributed by atoms with Gasteiger partial charge in [-0.05, 0) is 54.1 Å². The minimum Gasteiger partial charge on any atom is -0.508 e. The molecule has 0 aromatic heterocycles. The molecule has 0 aliphatic carbocycles. The smallest absolute Gasteiger partial charge is 0.119 e. The van der Waals surface area contributed by atoms with Crippen LogP contribution in [0.1, 0.15) is 41.0 Å². The van der Waals surface area contributed by atoms with E-state index in [4.69, 9.17) is 0 Å². The van der Waals surface area contributed by atoms with Gasteiger partial charge in [0.2, 0.25) is 0 Å². The third-order valence-corrected chi connectivity index (χ3v) is 5.69. The lowest BCUT2D eigenvalue weighted by atomic mass is 9.87. The fourth-order valence-corrected chi connectivity index (χ4v) is 4.25. The van der Waals surface area contributed by atoms with Crippen LogP contribution in [-0.4, -0.2) is 23.1 Å². The summed E-state index contributed by atoms with van der Waals surface area (Å²) in [5.41, 5.74) is 5.22. The van der Waals surface area contributed by atoms with Crippen LogP contribution < -0.4 is 0 Å². The van der Waals surface area contributed by atoms with Gasteiger partial charge in [-0.3, -0.25) is 4.90 Å². The molecule has 0 spiro atoms. The Bertz CT molecular complexity index is 821. The molecule has 0 unspecified atom stereocenters. The molecule has 0 atom stereocenters. The van der Waals surface area contributed by atoms with Crippen molar-refractivity contribution in [1.29, 1.82) is 0 Å². The monoisotopic (exact) mass is 357 g/mol. The van der Waals surface area contributed by atoms with Gasteiger partial charge in [0.25, 0.3) is 0 Å². The fraction of sp³-hybridized carbons (Fsp3) is 0.280. The number of aromatic hydroxyl groups is 1. The molecule has 3 aromatic rings. The standard InChI is InChI=1S/C25H27NO/c27-25-15-7-13-22-19-26(18-16-24(22)25)17-8-14-23(20-9-3-1-4-10-20)21-11-5-2-6-12-21/h1-7,9-13,15,23,27H,8,14,16-19H2. The van der Waals surface area contributed by atoms with Crippen LogP contribution >= 0.6 is 0 Å². The second kappa shape index (κ2) is 8.41. The van der Waals surface area contributed by atoms with Gasteiger partial charge in [-0.1, -0.05) is 72.8 Å². The number of benzene rings is 3. The lowest BCUT2D eigenvalue weighted by Gasteiger charge is -2.29. The Labute approximate surface area is 162 Å². The molecule has 2 nitrogen and oxygen atoms in total. The number of fused-ring (bicyclic) bond motifs is 1. The molecule has 27 heavy (non-hydrogen) atoms. The highest BCUT2D eigenvalue weighted by Gasteiger charge is 2.19. The maximum atomic E-state index is 10.0. The van der Waals surface area contributed by atoms with Crippen LogP contribution in [0.5, 0.6) is 5.75 Å². The van der Waals surface area contributed by atoms with Crippen molar-refractivity contribution in [3.63, 3.8) is 0 Å². The fourth-order valence-electron chi connectivity index (χ4n) is 4.25. The number of rotatable bonds is 6. The number of phenolic OH excluding ortho intramolecular Hbond substituents is 1. The molecule has 1 aliphatic rings. The topological polar surface area (TPSA) is 23.5 Å². The van der Waals surface area contributed by atoms with Crippen molar-refractivity contribution < 1.29 is 5.11 Å². The molecule has 0 amide bonds. The molecule has 2 heteroatoms. The van der Waals surface area contributed by atoms with Crippen LogP contribution in [0.4, 0.5) is 0 Å². The molecule has 138 valence electrons. The predicted molar refractivity (Wildman–Crippen MR) is 111 cm³/mol. The Balaban J connectivity index is 1.40. The number of hydrogen-bond acceptors (Lipinski definition) is 2. The first-order valence-electron chi connectivity index (χ1n) is 9.93. The molecule has 1 aliphatic heterocycles. The third-order valence-electron chi connectivity index (χ3n) is 5.69. The summed E-state index contributed by atoms with van der Waals surface area (Å²) >= 11 is 0. The van der Waals surface area contributed by atoms with Crippen molar-refractivity contribution in [1.82, 2.24) is 4.90 Å². The summed E-state index contributed by atoms with van der Waals surface area (Å²) < 4.78 is 0. The largest absolute Gasteiger partial charge is 0.508 e. The van der Waals surface area contributed by atoms with E-state index in [1.54, 1.807) is 6.07 Å². The Morgan fingerprint density at radius 3 is 2.15 bits per heavy atom. The van der Waals surface area contributed by atoms with Crippen molar-refractivity contribution in [3.05, 3.63) is 101 Å². The van der Waals surface area contributed by atoms with Gasteiger partial charge in [-0.2, -0.15) is 0 Å². The Morgan fingerprint density at radius 2 is 1.48 bits per heavy atom. The van der Waals surface area contributed by atoms with E-state index in [0.717, 1.165) is 38.0 Å². The third kappa shape index (κ3) is 4.23. The highest BCUT2D eigenvalue weighted by molar-refractivity contribution is 5.40. The number of hydrogen-bond donors (Lipinski definition) is 1. The Kier molecular flexibility index (Phi) is 5.55. The van der Waals surface area contributed by atoms with E-state index in [9.17, 15) is 5.11 Å². The Hall–Kier alpha value is -2.58. The van der Waals surface area contributed by atoms with Crippen molar-refractivity contribution >= 4 is 0 Å². The van der Waals surface area contributed by atoms with Crippen LogP contribution in [0, 0.1) is 0 Å². The first-order chi connectivity index (χ1) is 13.3. The van der Waals surface area contributed by atoms with Crippen molar-refractivity contribution in [2.24, 2.45) is 0 Å². The molecule has 0 bridgehead atoms. The van der Waals surface area contributed by atoms with Gasteiger partial charge >= 0.3 is 0 Å². The predicted octanol–water partition coefficient (Wildman–Crippen LogP) is 5.36. The number of nitrogens with zero attached hydrogens (tertiary/aromatic N) is 1. The van der Waals surface area contributed by atoms with Crippen LogP contribution in [0.3, 0.4) is 0 Å². The normalized spacial score (nSPS) is 14.3. The average Bonchev–Trinajstić information content (AvgIpc) is 2.73. The van der Waals surface area contributed by atoms with E-state index in [-0.39, 0.29) is 0 Å². The average molecular weight is 357 g/mol.